The maximum atomic E-state index is 11.4. The van der Waals surface area contributed by atoms with Crippen LogP contribution in [0.4, 0.5) is 4.39 Å². The highest BCUT2D eigenvalue weighted by molar-refractivity contribution is 4.35. The van der Waals surface area contributed by atoms with Crippen LogP contribution in [0.25, 0.3) is 0 Å². The van der Waals surface area contributed by atoms with E-state index in [9.17, 15) is 4.39 Å². The predicted molar refractivity (Wildman–Crippen MR) is 57.4 cm³/mol. The zero-order valence-corrected chi connectivity index (χ0v) is 9.78. The van der Waals surface area contributed by atoms with Gasteiger partial charge in [-0.15, -0.1) is 0 Å². The summed E-state index contributed by atoms with van der Waals surface area (Å²) in [5.74, 6) is 0. The molecule has 0 aliphatic heterocycles. The Kier molecular flexibility index (Phi) is 33.4. The van der Waals surface area contributed by atoms with Crippen molar-refractivity contribution in [3.8, 4) is 0 Å². The highest BCUT2D eigenvalue weighted by atomic mass is 19.1. The van der Waals surface area contributed by atoms with E-state index in [4.69, 9.17) is 0 Å². The maximum absolute atomic E-state index is 11.4. The zero-order chi connectivity index (χ0) is 10.4. The lowest BCUT2D eigenvalue weighted by Crippen LogP contribution is -1.83. The minimum atomic E-state index is -0.616. The van der Waals surface area contributed by atoms with Crippen molar-refractivity contribution in [2.24, 2.45) is 0 Å². The van der Waals surface area contributed by atoms with Crippen molar-refractivity contribution >= 4 is 0 Å². The van der Waals surface area contributed by atoms with Crippen LogP contribution in [0.3, 0.4) is 0 Å². The third-order valence-electron chi connectivity index (χ3n) is 1.06. The summed E-state index contributed by atoms with van der Waals surface area (Å²) in [5.41, 5.74) is 0. The third-order valence-corrected chi connectivity index (χ3v) is 1.06. The molecule has 1 unspecified atom stereocenters. The Labute approximate surface area is 78.6 Å². The van der Waals surface area contributed by atoms with Gasteiger partial charge in [0.2, 0.25) is 0 Å². The van der Waals surface area contributed by atoms with Crippen molar-refractivity contribution < 1.29 is 4.39 Å². The van der Waals surface area contributed by atoms with Crippen LogP contribution in [0.5, 0.6) is 0 Å². The summed E-state index contributed by atoms with van der Waals surface area (Å²) in [6, 6.07) is 0. The first-order valence-electron chi connectivity index (χ1n) is 5.24. The number of halogens is 1. The second-order valence-electron chi connectivity index (χ2n) is 2.90. The zero-order valence-electron chi connectivity index (χ0n) is 9.78. The molecule has 0 N–H and O–H groups in total. The van der Waals surface area contributed by atoms with Gasteiger partial charge in [0, 0.05) is 0 Å². The van der Waals surface area contributed by atoms with Crippen molar-refractivity contribution in [3.05, 3.63) is 0 Å². The summed E-state index contributed by atoms with van der Waals surface area (Å²) in [4.78, 5) is 0. The molecule has 0 radical (unpaired) electrons. The van der Waals surface area contributed by atoms with Crippen molar-refractivity contribution in [3.63, 3.8) is 0 Å². The Balaban J connectivity index is -0.000000105. The van der Waals surface area contributed by atoms with Crippen LogP contribution in [-0.2, 0) is 0 Å². The fourth-order valence-corrected chi connectivity index (χ4v) is 0. The lowest BCUT2D eigenvalue weighted by atomic mass is 10.4. The first-order chi connectivity index (χ1) is 5.60. The number of alkyl halides is 1. The minimum absolute atomic E-state index is 0.616. The Morgan fingerprint density at radius 2 is 1.08 bits per heavy atom. The van der Waals surface area contributed by atoms with Crippen LogP contribution in [-0.4, -0.2) is 6.17 Å². The first-order valence-corrected chi connectivity index (χ1v) is 5.24. The van der Waals surface area contributed by atoms with Gasteiger partial charge in [-0.1, -0.05) is 53.9 Å². The lowest BCUT2D eigenvalue weighted by molar-refractivity contribution is 0.352. The molecule has 0 spiro atoms. The smallest absolute Gasteiger partial charge is 0.0971 e. The number of hydrogen-bond acceptors (Lipinski definition) is 0. The molecule has 0 aromatic rings. The molecular formula is C11H27F. The van der Waals surface area contributed by atoms with E-state index in [1.807, 2.05) is 6.92 Å². The average Bonchev–Trinajstić information content (AvgIpc) is 2.06. The molecule has 1 atom stereocenters. The van der Waals surface area contributed by atoms with E-state index in [0.717, 1.165) is 0 Å². The topological polar surface area (TPSA) is 0 Å². The van der Waals surface area contributed by atoms with Crippen LogP contribution in [0, 0.1) is 0 Å². The molecule has 0 nitrogen and oxygen atoms in total. The molecule has 0 bridgehead atoms. The largest absolute Gasteiger partial charge is 0.248 e. The SMILES string of the molecule is CCC.CCC(C)F.CCCC. The molecule has 12 heavy (non-hydrogen) atoms. The number of rotatable bonds is 2. The quantitative estimate of drug-likeness (QED) is 0.559. The summed E-state index contributed by atoms with van der Waals surface area (Å²) in [7, 11) is 0. The minimum Gasteiger partial charge on any atom is -0.248 e. The van der Waals surface area contributed by atoms with E-state index in [2.05, 4.69) is 27.7 Å². The molecule has 0 amide bonds. The van der Waals surface area contributed by atoms with Gasteiger partial charge in [-0.3, -0.25) is 0 Å². The van der Waals surface area contributed by atoms with Gasteiger partial charge < -0.3 is 0 Å². The first kappa shape index (κ1) is 17.9. The molecule has 0 saturated carbocycles. The molecule has 78 valence electrons. The molecule has 0 aliphatic rings. The Bertz CT molecular complexity index is 40.3. The van der Waals surface area contributed by atoms with Gasteiger partial charge in [0.15, 0.2) is 0 Å². The van der Waals surface area contributed by atoms with Crippen LogP contribution in [0.2, 0.25) is 0 Å². The average molecular weight is 178 g/mol. The van der Waals surface area contributed by atoms with Gasteiger partial charge in [-0.05, 0) is 13.3 Å². The molecule has 1 heteroatoms. The third kappa shape index (κ3) is 92.2. The van der Waals surface area contributed by atoms with Crippen molar-refractivity contribution in [1.82, 2.24) is 0 Å². The Morgan fingerprint density at radius 3 is 1.08 bits per heavy atom. The van der Waals surface area contributed by atoms with Gasteiger partial charge in [-0.2, -0.15) is 0 Å². The van der Waals surface area contributed by atoms with E-state index >= 15 is 0 Å². The normalized spacial score (nSPS) is 10.2. The molecule has 0 rings (SSSR count). The molecule has 0 aliphatic carbocycles. The molecule has 0 heterocycles. The molecule has 0 saturated heterocycles. The predicted octanol–water partition coefficient (Wildman–Crippen LogP) is 4.98. The van der Waals surface area contributed by atoms with Crippen molar-refractivity contribution in [2.45, 2.75) is 73.4 Å². The lowest BCUT2D eigenvalue weighted by Gasteiger charge is -1.86. The fourth-order valence-electron chi connectivity index (χ4n) is 0. The summed E-state index contributed by atoms with van der Waals surface area (Å²) in [5, 5.41) is 0. The van der Waals surface area contributed by atoms with Gasteiger partial charge in [-0.25, -0.2) is 4.39 Å². The Hall–Kier alpha value is -0.0700. The van der Waals surface area contributed by atoms with Crippen LogP contribution >= 0.6 is 0 Å². The van der Waals surface area contributed by atoms with E-state index < -0.39 is 6.17 Å². The Morgan fingerprint density at radius 1 is 0.917 bits per heavy atom. The van der Waals surface area contributed by atoms with Gasteiger partial charge >= 0.3 is 0 Å². The highest BCUT2D eigenvalue weighted by Crippen LogP contribution is 1.90. The summed E-state index contributed by atoms with van der Waals surface area (Å²) in [6.07, 6.45) is 3.91. The van der Waals surface area contributed by atoms with Gasteiger partial charge in [0.05, 0.1) is 6.17 Å². The van der Waals surface area contributed by atoms with Crippen LogP contribution in [0.15, 0.2) is 0 Å². The second kappa shape index (κ2) is 22.4. The molecule has 0 aromatic carbocycles. The number of hydrogen-bond donors (Lipinski definition) is 0. The van der Waals surface area contributed by atoms with E-state index in [1.54, 1.807) is 6.92 Å². The summed E-state index contributed by atoms with van der Waals surface area (Å²) < 4.78 is 11.4. The highest BCUT2D eigenvalue weighted by Gasteiger charge is 1.85. The summed E-state index contributed by atoms with van der Waals surface area (Å²) >= 11 is 0. The van der Waals surface area contributed by atoms with E-state index in [0.29, 0.717) is 6.42 Å². The second-order valence-corrected chi connectivity index (χ2v) is 2.90. The molecular weight excluding hydrogens is 151 g/mol. The van der Waals surface area contributed by atoms with Crippen molar-refractivity contribution in [1.29, 1.82) is 0 Å². The molecule has 0 aromatic heterocycles. The van der Waals surface area contributed by atoms with Crippen molar-refractivity contribution in [2.75, 3.05) is 0 Å². The van der Waals surface area contributed by atoms with Crippen LogP contribution in [0.1, 0.15) is 67.2 Å². The summed E-state index contributed by atoms with van der Waals surface area (Å²) in [6.45, 7) is 12.0. The monoisotopic (exact) mass is 178 g/mol. The van der Waals surface area contributed by atoms with Gasteiger partial charge in [0.25, 0.3) is 0 Å². The maximum Gasteiger partial charge on any atom is 0.0971 e. The van der Waals surface area contributed by atoms with Gasteiger partial charge in [0.1, 0.15) is 0 Å². The van der Waals surface area contributed by atoms with E-state index in [1.165, 1.54) is 19.3 Å². The number of unbranched alkanes of at least 4 members (excludes halogenated alkanes) is 1. The van der Waals surface area contributed by atoms with Crippen LogP contribution < -0.4 is 0 Å². The fraction of sp³-hybridized carbons (Fsp3) is 1.00. The standard InChI is InChI=1S/C4H9F.C4H10.C3H8/c1-3-4(2)5;1-3-4-2;1-3-2/h4H,3H2,1-2H3;3-4H2,1-2H3;3H2,1-2H3. The molecule has 0 fully saturated rings. The van der Waals surface area contributed by atoms with E-state index in [-0.39, 0.29) is 0 Å².